The molecule has 1 fully saturated rings. The van der Waals surface area contributed by atoms with Crippen LogP contribution in [0.15, 0.2) is 41.4 Å². The summed E-state index contributed by atoms with van der Waals surface area (Å²) in [6.07, 6.45) is 3.26. The maximum atomic E-state index is 5.36. The van der Waals surface area contributed by atoms with Crippen LogP contribution in [0.1, 0.15) is 5.56 Å². The monoisotopic (exact) mass is 281 g/mol. The van der Waals surface area contributed by atoms with Gasteiger partial charge in [0.15, 0.2) is 0 Å². The molecule has 0 aromatic heterocycles. The third kappa shape index (κ3) is 3.44. The summed E-state index contributed by atoms with van der Waals surface area (Å²) in [5, 5.41) is 3.44. The molecule has 1 aromatic rings. The summed E-state index contributed by atoms with van der Waals surface area (Å²) in [6.45, 7) is 5.43. The van der Waals surface area contributed by atoms with Crippen molar-refractivity contribution in [3.63, 3.8) is 0 Å². The fourth-order valence-electron chi connectivity index (χ4n) is 1.78. The average Bonchev–Trinajstić information content (AvgIpc) is 3.08. The summed E-state index contributed by atoms with van der Waals surface area (Å²) in [7, 11) is 0. The number of rotatable bonds is 6. The van der Waals surface area contributed by atoms with Crippen molar-refractivity contribution in [1.29, 1.82) is 0 Å². The van der Waals surface area contributed by atoms with Crippen molar-refractivity contribution in [2.45, 2.75) is 18.6 Å². The summed E-state index contributed by atoms with van der Waals surface area (Å²) < 4.78 is 6.49. The second kappa shape index (κ2) is 5.62. The first-order chi connectivity index (χ1) is 7.79. The van der Waals surface area contributed by atoms with Gasteiger partial charge in [-0.3, -0.25) is 0 Å². The van der Waals surface area contributed by atoms with Crippen LogP contribution in [0, 0.1) is 0 Å². The lowest BCUT2D eigenvalue weighted by Crippen LogP contribution is -2.36. The molecule has 0 radical (unpaired) electrons. The predicted molar refractivity (Wildman–Crippen MR) is 69.6 cm³/mol. The molecule has 0 amide bonds. The van der Waals surface area contributed by atoms with Gasteiger partial charge >= 0.3 is 0 Å². The lowest BCUT2D eigenvalue weighted by atomic mass is 10.0. The maximum absolute atomic E-state index is 5.36. The van der Waals surface area contributed by atoms with E-state index in [1.165, 1.54) is 5.56 Å². The minimum atomic E-state index is 0.374. The van der Waals surface area contributed by atoms with E-state index >= 15 is 0 Å². The van der Waals surface area contributed by atoms with Crippen LogP contribution in [0.4, 0.5) is 0 Å². The van der Waals surface area contributed by atoms with Crippen molar-refractivity contribution in [2.75, 3.05) is 13.2 Å². The SMILES string of the molecule is C=CCN[C@@H](Cc1cccc(Br)c1)[C@H]1CO1. The van der Waals surface area contributed by atoms with Crippen molar-refractivity contribution in [2.24, 2.45) is 0 Å². The predicted octanol–water partition coefficient (Wildman–Crippen LogP) is 2.53. The van der Waals surface area contributed by atoms with E-state index in [1.807, 2.05) is 12.1 Å². The highest BCUT2D eigenvalue weighted by Crippen LogP contribution is 2.19. The third-order valence-corrected chi connectivity index (χ3v) is 3.17. The first-order valence-corrected chi connectivity index (χ1v) is 6.29. The Morgan fingerprint density at radius 2 is 2.44 bits per heavy atom. The molecule has 86 valence electrons. The van der Waals surface area contributed by atoms with Gasteiger partial charge in [0.05, 0.1) is 12.7 Å². The van der Waals surface area contributed by atoms with E-state index in [4.69, 9.17) is 4.74 Å². The molecule has 2 nitrogen and oxygen atoms in total. The highest BCUT2D eigenvalue weighted by Gasteiger charge is 2.32. The zero-order valence-electron chi connectivity index (χ0n) is 9.16. The van der Waals surface area contributed by atoms with E-state index in [-0.39, 0.29) is 0 Å². The molecule has 1 aliphatic rings. The van der Waals surface area contributed by atoms with E-state index in [9.17, 15) is 0 Å². The van der Waals surface area contributed by atoms with Gasteiger partial charge in [-0.1, -0.05) is 34.1 Å². The Balaban J connectivity index is 1.96. The minimum Gasteiger partial charge on any atom is -0.371 e. The molecule has 1 N–H and O–H groups in total. The van der Waals surface area contributed by atoms with Crippen molar-refractivity contribution >= 4 is 15.9 Å². The molecule has 3 heteroatoms. The van der Waals surface area contributed by atoms with Gasteiger partial charge in [0.2, 0.25) is 0 Å². The van der Waals surface area contributed by atoms with E-state index < -0.39 is 0 Å². The van der Waals surface area contributed by atoms with Gasteiger partial charge in [0.25, 0.3) is 0 Å². The van der Waals surface area contributed by atoms with Crippen molar-refractivity contribution in [3.8, 4) is 0 Å². The largest absolute Gasteiger partial charge is 0.371 e. The Bertz CT molecular complexity index is 363. The summed E-state index contributed by atoms with van der Waals surface area (Å²) in [5.74, 6) is 0. The molecule has 16 heavy (non-hydrogen) atoms. The van der Waals surface area contributed by atoms with Crippen LogP contribution < -0.4 is 5.32 Å². The van der Waals surface area contributed by atoms with Crippen molar-refractivity contribution in [1.82, 2.24) is 5.32 Å². The van der Waals surface area contributed by atoms with Gasteiger partial charge in [0.1, 0.15) is 0 Å². The summed E-state index contributed by atoms with van der Waals surface area (Å²) in [6, 6.07) is 8.81. The Morgan fingerprint density at radius 3 is 3.06 bits per heavy atom. The maximum Gasteiger partial charge on any atom is 0.0965 e. The first-order valence-electron chi connectivity index (χ1n) is 5.50. The first kappa shape index (κ1) is 11.8. The second-order valence-electron chi connectivity index (χ2n) is 4.01. The zero-order chi connectivity index (χ0) is 11.4. The molecule has 0 spiro atoms. The number of benzene rings is 1. The molecule has 0 saturated carbocycles. The topological polar surface area (TPSA) is 24.6 Å². The van der Waals surface area contributed by atoms with E-state index in [1.54, 1.807) is 0 Å². The lowest BCUT2D eigenvalue weighted by Gasteiger charge is -2.15. The summed E-state index contributed by atoms with van der Waals surface area (Å²) in [4.78, 5) is 0. The minimum absolute atomic E-state index is 0.374. The third-order valence-electron chi connectivity index (χ3n) is 2.68. The molecule has 1 aliphatic heterocycles. The van der Waals surface area contributed by atoms with Crippen LogP contribution in [0.5, 0.6) is 0 Å². The quantitative estimate of drug-likeness (QED) is 0.640. The molecule has 0 unspecified atom stereocenters. The standard InChI is InChI=1S/C13H16BrNO/c1-2-6-15-12(13-9-16-13)8-10-4-3-5-11(14)7-10/h2-5,7,12-13,15H,1,6,8-9H2/t12-,13+/m0/s1. The molecule has 2 atom stereocenters. The average molecular weight is 282 g/mol. The van der Waals surface area contributed by atoms with Gasteiger partial charge in [0, 0.05) is 17.1 Å². The van der Waals surface area contributed by atoms with Crippen LogP contribution in [0.25, 0.3) is 0 Å². The molecular formula is C13H16BrNO. The lowest BCUT2D eigenvalue weighted by molar-refractivity contribution is 0.344. The van der Waals surface area contributed by atoms with Crippen LogP contribution in [0.3, 0.4) is 0 Å². The van der Waals surface area contributed by atoms with Gasteiger partial charge in [-0.15, -0.1) is 6.58 Å². The molecular weight excluding hydrogens is 266 g/mol. The molecule has 1 saturated heterocycles. The molecule has 1 heterocycles. The van der Waals surface area contributed by atoms with Crippen LogP contribution in [-0.2, 0) is 11.2 Å². The number of hydrogen-bond acceptors (Lipinski definition) is 2. The van der Waals surface area contributed by atoms with Gasteiger partial charge in [-0.25, -0.2) is 0 Å². The second-order valence-corrected chi connectivity index (χ2v) is 4.92. The van der Waals surface area contributed by atoms with Crippen molar-refractivity contribution < 1.29 is 4.74 Å². The van der Waals surface area contributed by atoms with Crippen LogP contribution in [0.2, 0.25) is 0 Å². The highest BCUT2D eigenvalue weighted by atomic mass is 79.9. The number of ether oxygens (including phenoxy) is 1. The molecule has 0 aliphatic carbocycles. The number of halogens is 1. The summed E-state index contributed by atoms with van der Waals surface area (Å²) >= 11 is 3.49. The number of nitrogens with one attached hydrogen (secondary N) is 1. The van der Waals surface area contributed by atoms with Crippen molar-refractivity contribution in [3.05, 3.63) is 47.0 Å². The summed E-state index contributed by atoms with van der Waals surface area (Å²) in [5.41, 5.74) is 1.33. The van der Waals surface area contributed by atoms with Gasteiger partial charge in [-0.05, 0) is 24.1 Å². The van der Waals surface area contributed by atoms with E-state index in [0.717, 1.165) is 24.0 Å². The number of hydrogen-bond donors (Lipinski definition) is 1. The number of epoxide rings is 1. The Hall–Kier alpha value is -0.640. The zero-order valence-corrected chi connectivity index (χ0v) is 10.7. The molecule has 0 bridgehead atoms. The molecule has 2 rings (SSSR count). The Labute approximate surface area is 105 Å². The van der Waals surface area contributed by atoms with Gasteiger partial charge in [-0.2, -0.15) is 0 Å². The van der Waals surface area contributed by atoms with Crippen LogP contribution >= 0.6 is 15.9 Å². The van der Waals surface area contributed by atoms with Crippen LogP contribution in [-0.4, -0.2) is 25.3 Å². The highest BCUT2D eigenvalue weighted by molar-refractivity contribution is 9.10. The van der Waals surface area contributed by atoms with E-state index in [2.05, 4.69) is 46.0 Å². The van der Waals surface area contributed by atoms with Gasteiger partial charge < -0.3 is 10.1 Å². The Kier molecular flexibility index (Phi) is 4.16. The molecule has 1 aromatic carbocycles. The fraction of sp³-hybridized carbons (Fsp3) is 0.385. The normalized spacial score (nSPS) is 20.4. The fourth-order valence-corrected chi connectivity index (χ4v) is 2.22. The van der Waals surface area contributed by atoms with E-state index in [0.29, 0.717) is 12.1 Å². The Morgan fingerprint density at radius 1 is 1.62 bits per heavy atom. The smallest absolute Gasteiger partial charge is 0.0965 e.